The van der Waals surface area contributed by atoms with Crippen molar-refractivity contribution >= 4 is 28.9 Å². The number of aromatic nitrogens is 1. The topological polar surface area (TPSA) is 54.0 Å². The first-order valence-electron chi connectivity index (χ1n) is 8.98. The summed E-state index contributed by atoms with van der Waals surface area (Å²) >= 11 is 5.89. The van der Waals surface area contributed by atoms with Gasteiger partial charge >= 0.3 is 0 Å². The molecule has 3 rings (SSSR count). The number of carbonyl (C=O) groups excluding carboxylic acids is 1. The first kappa shape index (κ1) is 18.9. The zero-order chi connectivity index (χ0) is 19.1. The largest absolute Gasteiger partial charge is 0.354 e. The fourth-order valence-corrected chi connectivity index (χ4v) is 2.94. The van der Waals surface area contributed by atoms with Gasteiger partial charge in [0.2, 0.25) is 0 Å². The third-order valence-electron chi connectivity index (χ3n) is 4.29. The number of rotatable bonds is 7. The number of benzene rings is 2. The quantitative estimate of drug-likeness (QED) is 0.606. The van der Waals surface area contributed by atoms with E-state index in [0.717, 1.165) is 29.8 Å². The molecule has 0 atom stereocenters. The number of carbonyl (C=O) groups is 1. The second-order valence-electron chi connectivity index (χ2n) is 6.23. The summed E-state index contributed by atoms with van der Waals surface area (Å²) in [7, 11) is 0. The summed E-state index contributed by atoms with van der Waals surface area (Å²) in [6.07, 6.45) is 4.98. The number of anilines is 2. The van der Waals surface area contributed by atoms with E-state index in [-0.39, 0.29) is 5.91 Å². The first-order chi connectivity index (χ1) is 13.2. The Balaban J connectivity index is 1.60. The van der Waals surface area contributed by atoms with E-state index in [1.165, 1.54) is 5.56 Å². The minimum atomic E-state index is -0.135. The fraction of sp³-hybridized carbons (Fsp3) is 0.182. The molecular weight excluding hydrogens is 358 g/mol. The van der Waals surface area contributed by atoms with Crippen molar-refractivity contribution < 1.29 is 4.79 Å². The van der Waals surface area contributed by atoms with Gasteiger partial charge in [-0.05, 0) is 48.2 Å². The summed E-state index contributed by atoms with van der Waals surface area (Å²) in [5, 5.41) is 7.00. The number of hydrogen-bond acceptors (Lipinski definition) is 3. The molecule has 0 radical (unpaired) electrons. The highest BCUT2D eigenvalue weighted by atomic mass is 35.5. The van der Waals surface area contributed by atoms with E-state index in [2.05, 4.69) is 28.6 Å². The molecule has 1 heterocycles. The molecule has 0 aliphatic rings. The molecule has 0 bridgehead atoms. The normalized spacial score (nSPS) is 10.4. The first-order valence-corrected chi connectivity index (χ1v) is 9.36. The van der Waals surface area contributed by atoms with Gasteiger partial charge in [-0.1, -0.05) is 48.9 Å². The van der Waals surface area contributed by atoms with Gasteiger partial charge in [-0.2, -0.15) is 0 Å². The lowest BCUT2D eigenvalue weighted by Gasteiger charge is -2.11. The van der Waals surface area contributed by atoms with Crippen LogP contribution in [0, 0.1) is 0 Å². The zero-order valence-electron chi connectivity index (χ0n) is 15.2. The van der Waals surface area contributed by atoms with Gasteiger partial charge < -0.3 is 10.6 Å². The summed E-state index contributed by atoms with van der Waals surface area (Å²) in [4.78, 5) is 16.6. The molecule has 5 heteroatoms. The van der Waals surface area contributed by atoms with Crippen LogP contribution in [0.4, 0.5) is 11.4 Å². The van der Waals surface area contributed by atoms with Crippen LogP contribution >= 0.6 is 11.6 Å². The van der Waals surface area contributed by atoms with Crippen molar-refractivity contribution in [1.29, 1.82) is 0 Å². The molecule has 0 aliphatic carbocycles. The van der Waals surface area contributed by atoms with Gasteiger partial charge in [-0.25, -0.2) is 0 Å². The van der Waals surface area contributed by atoms with Crippen molar-refractivity contribution in [1.82, 2.24) is 10.3 Å². The number of hydrogen-bond donors (Lipinski definition) is 2. The lowest BCUT2D eigenvalue weighted by atomic mass is 10.1. The summed E-state index contributed by atoms with van der Waals surface area (Å²) in [5.41, 5.74) is 4.70. The Morgan fingerprint density at radius 2 is 1.85 bits per heavy atom. The van der Waals surface area contributed by atoms with Crippen molar-refractivity contribution in [2.45, 2.75) is 19.8 Å². The van der Waals surface area contributed by atoms with Gasteiger partial charge in [0.05, 0.1) is 17.4 Å². The minimum Gasteiger partial charge on any atom is -0.354 e. The van der Waals surface area contributed by atoms with Crippen LogP contribution in [-0.4, -0.2) is 17.4 Å². The van der Waals surface area contributed by atoms with E-state index in [1.54, 1.807) is 12.4 Å². The van der Waals surface area contributed by atoms with Gasteiger partial charge in [0.1, 0.15) is 0 Å². The van der Waals surface area contributed by atoms with Crippen LogP contribution < -0.4 is 10.6 Å². The molecule has 1 aromatic heterocycles. The molecule has 4 nitrogen and oxygen atoms in total. The monoisotopic (exact) mass is 379 g/mol. The summed E-state index contributed by atoms with van der Waals surface area (Å²) in [5.74, 6) is -0.135. The average molecular weight is 380 g/mol. The van der Waals surface area contributed by atoms with Crippen LogP contribution in [0.5, 0.6) is 0 Å². The summed E-state index contributed by atoms with van der Waals surface area (Å²) in [6.45, 7) is 2.67. The molecule has 1 amide bonds. The van der Waals surface area contributed by atoms with Crippen molar-refractivity contribution in [2.24, 2.45) is 0 Å². The molecule has 0 saturated carbocycles. The molecule has 0 spiro atoms. The van der Waals surface area contributed by atoms with E-state index in [9.17, 15) is 4.79 Å². The highest BCUT2D eigenvalue weighted by molar-refractivity contribution is 6.30. The Kier molecular flexibility index (Phi) is 6.44. The predicted octanol–water partition coefficient (Wildman–Crippen LogP) is 5.01. The molecule has 138 valence electrons. The number of halogens is 1. The standard InChI is InChI=1S/C22H22ClN3O/c1-2-17-5-3-4-6-21(17)26-20-13-18(14-24-15-20)22(27)25-12-11-16-7-9-19(23)10-8-16/h3-10,13-15,26H,2,11-12H2,1H3,(H,25,27). The van der Waals surface area contributed by atoms with Crippen LogP contribution in [-0.2, 0) is 12.8 Å². The molecule has 2 aromatic carbocycles. The van der Waals surface area contributed by atoms with Crippen molar-refractivity contribution in [3.63, 3.8) is 0 Å². The van der Waals surface area contributed by atoms with Crippen LogP contribution in [0.25, 0.3) is 0 Å². The third-order valence-corrected chi connectivity index (χ3v) is 4.54. The number of para-hydroxylation sites is 1. The molecule has 2 N–H and O–H groups in total. The van der Waals surface area contributed by atoms with Crippen molar-refractivity contribution in [3.8, 4) is 0 Å². The lowest BCUT2D eigenvalue weighted by molar-refractivity contribution is 0.0954. The number of nitrogens with one attached hydrogen (secondary N) is 2. The number of pyridine rings is 1. The summed E-state index contributed by atoms with van der Waals surface area (Å²) < 4.78 is 0. The predicted molar refractivity (Wildman–Crippen MR) is 111 cm³/mol. The third kappa shape index (κ3) is 5.31. The zero-order valence-corrected chi connectivity index (χ0v) is 16.0. The molecule has 3 aromatic rings. The number of aryl methyl sites for hydroxylation is 1. The Hall–Kier alpha value is -2.85. The van der Waals surface area contributed by atoms with Gasteiger partial charge in [0.15, 0.2) is 0 Å². The second kappa shape index (κ2) is 9.19. The molecule has 0 aliphatic heterocycles. The minimum absolute atomic E-state index is 0.135. The van der Waals surface area contributed by atoms with E-state index in [1.807, 2.05) is 48.5 Å². The summed E-state index contributed by atoms with van der Waals surface area (Å²) in [6, 6.07) is 17.6. The maximum absolute atomic E-state index is 12.4. The molecular formula is C22H22ClN3O. The number of nitrogens with zero attached hydrogens (tertiary/aromatic N) is 1. The fourth-order valence-electron chi connectivity index (χ4n) is 2.81. The molecule has 0 fully saturated rings. The second-order valence-corrected chi connectivity index (χ2v) is 6.67. The van der Waals surface area contributed by atoms with Gasteiger partial charge in [0.25, 0.3) is 5.91 Å². The van der Waals surface area contributed by atoms with Gasteiger partial charge in [0, 0.05) is 23.5 Å². The van der Waals surface area contributed by atoms with Crippen LogP contribution in [0.1, 0.15) is 28.4 Å². The maximum atomic E-state index is 12.4. The van der Waals surface area contributed by atoms with E-state index < -0.39 is 0 Å². The maximum Gasteiger partial charge on any atom is 0.252 e. The lowest BCUT2D eigenvalue weighted by Crippen LogP contribution is -2.25. The number of amides is 1. The smallest absolute Gasteiger partial charge is 0.252 e. The Bertz CT molecular complexity index is 909. The highest BCUT2D eigenvalue weighted by Gasteiger charge is 2.08. The van der Waals surface area contributed by atoms with Gasteiger partial charge in [-0.3, -0.25) is 9.78 Å². The van der Waals surface area contributed by atoms with Crippen molar-refractivity contribution in [2.75, 3.05) is 11.9 Å². The Morgan fingerprint density at radius 1 is 1.07 bits per heavy atom. The average Bonchev–Trinajstić information content (AvgIpc) is 2.70. The van der Waals surface area contributed by atoms with Crippen LogP contribution in [0.15, 0.2) is 67.0 Å². The van der Waals surface area contributed by atoms with Crippen LogP contribution in [0.2, 0.25) is 5.02 Å². The van der Waals surface area contributed by atoms with E-state index in [4.69, 9.17) is 11.6 Å². The molecule has 27 heavy (non-hydrogen) atoms. The van der Waals surface area contributed by atoms with E-state index >= 15 is 0 Å². The molecule has 0 unspecified atom stereocenters. The van der Waals surface area contributed by atoms with Gasteiger partial charge in [-0.15, -0.1) is 0 Å². The molecule has 0 saturated heterocycles. The van der Waals surface area contributed by atoms with Crippen molar-refractivity contribution in [3.05, 3.63) is 88.7 Å². The Labute approximate surface area is 164 Å². The van der Waals surface area contributed by atoms with E-state index in [0.29, 0.717) is 17.1 Å². The SMILES string of the molecule is CCc1ccccc1Nc1cncc(C(=O)NCCc2ccc(Cl)cc2)c1. The highest BCUT2D eigenvalue weighted by Crippen LogP contribution is 2.21. The van der Waals surface area contributed by atoms with Crippen LogP contribution in [0.3, 0.4) is 0 Å². The Morgan fingerprint density at radius 3 is 2.63 bits per heavy atom.